The van der Waals surface area contributed by atoms with Crippen LogP contribution < -0.4 is 5.32 Å². The molecule has 1 aliphatic heterocycles. The second-order valence-corrected chi connectivity index (χ2v) is 9.55. The summed E-state index contributed by atoms with van der Waals surface area (Å²) >= 11 is 0. The number of aliphatic carboxylic acids is 1. The molecule has 3 amide bonds. The minimum atomic E-state index is -4.61. The van der Waals surface area contributed by atoms with Gasteiger partial charge in [0.05, 0.1) is 23.4 Å². The van der Waals surface area contributed by atoms with Crippen molar-refractivity contribution in [2.24, 2.45) is 0 Å². The number of piperazine rings is 1. The number of carboxylic acids is 1. The fraction of sp³-hybridized carbons (Fsp3) is 0.360. The summed E-state index contributed by atoms with van der Waals surface area (Å²) in [6.45, 7) is 3.95. The Morgan fingerprint density at radius 1 is 0.974 bits per heavy atom. The summed E-state index contributed by atoms with van der Waals surface area (Å²) in [6, 6.07) is 6.82. The molecule has 0 aliphatic carbocycles. The van der Waals surface area contributed by atoms with Gasteiger partial charge in [-0.3, -0.25) is 10.1 Å². The fourth-order valence-electron chi connectivity index (χ4n) is 3.86. The molecule has 10 nitrogen and oxygen atoms in total. The number of halogens is 3. The van der Waals surface area contributed by atoms with Gasteiger partial charge in [0, 0.05) is 13.1 Å². The average molecular weight is 537 g/mol. The Morgan fingerprint density at radius 2 is 1.63 bits per heavy atom. The molecule has 1 aliphatic rings. The van der Waals surface area contributed by atoms with E-state index in [4.69, 9.17) is 4.74 Å². The Morgan fingerprint density at radius 3 is 2.21 bits per heavy atom. The number of benzene rings is 2. The maximum absolute atomic E-state index is 13.6. The number of carbonyl (C=O) groups excluding carboxylic acids is 2. The molecule has 0 aromatic heterocycles. The molecule has 3 N–H and O–H groups in total. The van der Waals surface area contributed by atoms with Crippen LogP contribution in [0.1, 0.15) is 36.7 Å². The zero-order chi connectivity index (χ0) is 28.4. The second kappa shape index (κ2) is 10.6. The fourth-order valence-corrected chi connectivity index (χ4v) is 3.86. The minimum absolute atomic E-state index is 0.0650. The highest BCUT2D eigenvalue weighted by atomic mass is 19.4. The third-order valence-corrected chi connectivity index (χ3v) is 5.61. The number of rotatable bonds is 4. The molecule has 38 heavy (non-hydrogen) atoms. The number of ether oxygens (including phenoxy) is 1. The van der Waals surface area contributed by atoms with Crippen molar-refractivity contribution in [1.29, 1.82) is 0 Å². The van der Waals surface area contributed by atoms with Crippen molar-refractivity contribution in [3.8, 4) is 11.1 Å². The monoisotopic (exact) mass is 537 g/mol. The van der Waals surface area contributed by atoms with Crippen molar-refractivity contribution in [3.05, 3.63) is 53.6 Å². The molecular weight excluding hydrogens is 511 g/mol. The zero-order valence-corrected chi connectivity index (χ0v) is 20.7. The molecule has 0 bridgehead atoms. The van der Waals surface area contributed by atoms with Crippen molar-refractivity contribution >= 4 is 29.8 Å². The van der Waals surface area contributed by atoms with E-state index >= 15 is 0 Å². The van der Waals surface area contributed by atoms with Crippen LogP contribution in [0.5, 0.6) is 0 Å². The maximum atomic E-state index is 13.6. The molecule has 0 spiro atoms. The molecule has 3 rings (SSSR count). The van der Waals surface area contributed by atoms with E-state index in [1.807, 2.05) is 0 Å². The second-order valence-electron chi connectivity index (χ2n) is 9.55. The van der Waals surface area contributed by atoms with Gasteiger partial charge in [-0.1, -0.05) is 18.2 Å². The summed E-state index contributed by atoms with van der Waals surface area (Å²) in [5.41, 5.74) is -1.73. The number of carboxylic acid groups (broad SMARTS) is 2. The number of alkyl halides is 3. The first-order chi connectivity index (χ1) is 17.6. The van der Waals surface area contributed by atoms with E-state index in [1.54, 1.807) is 20.8 Å². The summed E-state index contributed by atoms with van der Waals surface area (Å²) in [5, 5.41) is 21.4. The predicted molar refractivity (Wildman–Crippen MR) is 129 cm³/mol. The first kappa shape index (κ1) is 28.3. The van der Waals surface area contributed by atoms with E-state index in [2.05, 4.69) is 5.32 Å². The summed E-state index contributed by atoms with van der Waals surface area (Å²) in [6.07, 6.45) is -6.86. The summed E-state index contributed by atoms with van der Waals surface area (Å²) in [4.78, 5) is 51.1. The summed E-state index contributed by atoms with van der Waals surface area (Å²) in [5.74, 6) is -2.30. The molecule has 0 radical (unpaired) electrons. The summed E-state index contributed by atoms with van der Waals surface area (Å²) in [7, 11) is 0. The topological polar surface area (TPSA) is 136 Å². The highest BCUT2D eigenvalue weighted by Gasteiger charge is 2.38. The highest BCUT2D eigenvalue weighted by molar-refractivity contribution is 6.05. The van der Waals surface area contributed by atoms with Crippen LogP contribution in [0.2, 0.25) is 0 Å². The Labute approximate surface area is 215 Å². The first-order valence-corrected chi connectivity index (χ1v) is 11.4. The van der Waals surface area contributed by atoms with Gasteiger partial charge in [-0.2, -0.15) is 13.2 Å². The van der Waals surface area contributed by atoms with Gasteiger partial charge in [0.25, 0.3) is 5.91 Å². The lowest BCUT2D eigenvalue weighted by Crippen LogP contribution is -2.59. The first-order valence-electron chi connectivity index (χ1n) is 11.4. The number of nitrogens with one attached hydrogen (secondary N) is 1. The molecule has 0 saturated carbocycles. The SMILES string of the molecule is CC(C)(C)OC(=O)Nc1ccc(-c2cccc(C(F)(F)F)c2)cc1C(=O)N1CCN(C(=O)O)CC1C(=O)O. The number of hydrogen-bond donors (Lipinski definition) is 3. The normalized spacial score (nSPS) is 16.1. The minimum Gasteiger partial charge on any atom is -0.480 e. The molecule has 204 valence electrons. The van der Waals surface area contributed by atoms with Gasteiger partial charge in [0.15, 0.2) is 0 Å². The largest absolute Gasteiger partial charge is 0.480 e. The lowest BCUT2D eigenvalue weighted by molar-refractivity contribution is -0.144. The molecule has 13 heteroatoms. The van der Waals surface area contributed by atoms with Gasteiger partial charge in [0.2, 0.25) is 0 Å². The van der Waals surface area contributed by atoms with Crippen LogP contribution in [0.3, 0.4) is 0 Å². The maximum Gasteiger partial charge on any atom is 0.416 e. The average Bonchev–Trinajstić information content (AvgIpc) is 2.81. The number of anilines is 1. The van der Waals surface area contributed by atoms with E-state index in [1.165, 1.54) is 30.3 Å². The molecular formula is C25H26F3N3O7. The van der Waals surface area contributed by atoms with Crippen LogP contribution in [0, 0.1) is 0 Å². The smallest absolute Gasteiger partial charge is 0.416 e. The van der Waals surface area contributed by atoms with Crippen LogP contribution in [0.25, 0.3) is 11.1 Å². The van der Waals surface area contributed by atoms with Crippen molar-refractivity contribution in [1.82, 2.24) is 9.80 Å². The Kier molecular flexibility index (Phi) is 7.89. The van der Waals surface area contributed by atoms with Crippen LogP contribution in [0.15, 0.2) is 42.5 Å². The van der Waals surface area contributed by atoms with Gasteiger partial charge in [-0.05, 0) is 56.2 Å². The molecule has 1 unspecified atom stereocenters. The molecule has 2 aromatic rings. The summed E-state index contributed by atoms with van der Waals surface area (Å²) < 4.78 is 45.0. The predicted octanol–water partition coefficient (Wildman–Crippen LogP) is 4.61. The Balaban J connectivity index is 2.06. The quantitative estimate of drug-likeness (QED) is 0.518. The van der Waals surface area contributed by atoms with E-state index < -0.39 is 54.0 Å². The van der Waals surface area contributed by atoms with Gasteiger partial charge >= 0.3 is 24.3 Å². The van der Waals surface area contributed by atoms with Gasteiger partial charge in [-0.15, -0.1) is 0 Å². The van der Waals surface area contributed by atoms with Gasteiger partial charge in [-0.25, -0.2) is 14.4 Å². The molecule has 1 fully saturated rings. The van der Waals surface area contributed by atoms with E-state index in [0.717, 1.165) is 21.9 Å². The molecule has 1 heterocycles. The van der Waals surface area contributed by atoms with Crippen molar-refractivity contribution in [2.75, 3.05) is 25.0 Å². The van der Waals surface area contributed by atoms with E-state index in [-0.39, 0.29) is 35.5 Å². The number of amides is 3. The lowest BCUT2D eigenvalue weighted by Gasteiger charge is -2.38. The zero-order valence-electron chi connectivity index (χ0n) is 20.7. The van der Waals surface area contributed by atoms with Gasteiger partial charge in [0.1, 0.15) is 11.6 Å². The third-order valence-electron chi connectivity index (χ3n) is 5.61. The van der Waals surface area contributed by atoms with E-state index in [0.29, 0.717) is 0 Å². The van der Waals surface area contributed by atoms with Crippen molar-refractivity contribution in [2.45, 2.75) is 38.6 Å². The van der Waals surface area contributed by atoms with Crippen LogP contribution >= 0.6 is 0 Å². The third kappa shape index (κ3) is 6.72. The molecule has 1 saturated heterocycles. The molecule has 2 aromatic carbocycles. The van der Waals surface area contributed by atoms with Crippen LogP contribution in [0.4, 0.5) is 28.4 Å². The Bertz CT molecular complexity index is 1260. The number of nitrogens with zero attached hydrogens (tertiary/aromatic N) is 2. The molecule has 1 atom stereocenters. The van der Waals surface area contributed by atoms with Crippen molar-refractivity contribution in [3.63, 3.8) is 0 Å². The lowest BCUT2D eigenvalue weighted by atomic mass is 9.98. The Hall–Kier alpha value is -4.29. The van der Waals surface area contributed by atoms with E-state index in [9.17, 15) is 42.6 Å². The van der Waals surface area contributed by atoms with Crippen molar-refractivity contribution < 1.29 is 47.3 Å². The number of carbonyl (C=O) groups is 4. The highest BCUT2D eigenvalue weighted by Crippen LogP contribution is 2.34. The number of hydrogen-bond acceptors (Lipinski definition) is 5. The standard InChI is InChI=1S/C25H26F3N3O7/c1-24(2,3)38-22(35)29-18-8-7-15(14-5-4-6-16(11-14)25(26,27)28)12-17(18)20(32)31-10-9-30(23(36)37)13-19(31)21(33)34/h4-8,11-12,19H,9-10,13H2,1-3H3,(H,29,35)(H,33,34)(H,36,37). The van der Waals surface area contributed by atoms with Crippen LogP contribution in [-0.4, -0.2) is 75.4 Å². The van der Waals surface area contributed by atoms with Gasteiger partial charge < -0.3 is 24.7 Å². The van der Waals surface area contributed by atoms with Crippen LogP contribution in [-0.2, 0) is 15.7 Å².